The van der Waals surface area contributed by atoms with E-state index < -0.39 is 15.1 Å². The van der Waals surface area contributed by atoms with Gasteiger partial charge in [0.1, 0.15) is 5.25 Å². The van der Waals surface area contributed by atoms with Crippen LogP contribution in [0.2, 0.25) is 0 Å². The summed E-state index contributed by atoms with van der Waals surface area (Å²) < 4.78 is 22.9. The fourth-order valence-corrected chi connectivity index (χ4v) is 2.27. The van der Waals surface area contributed by atoms with Gasteiger partial charge in [0.05, 0.1) is 0 Å². The predicted molar refractivity (Wildman–Crippen MR) is 70.4 cm³/mol. The van der Waals surface area contributed by atoms with Gasteiger partial charge in [0.15, 0.2) is 15.6 Å². The number of ketones is 1. The molecule has 0 fully saturated rings. The second-order valence-electron chi connectivity index (χ2n) is 4.24. The van der Waals surface area contributed by atoms with Crippen molar-refractivity contribution in [2.24, 2.45) is 0 Å². The van der Waals surface area contributed by atoms with Crippen LogP contribution in [0.25, 0.3) is 10.8 Å². The van der Waals surface area contributed by atoms with Crippen LogP contribution >= 0.6 is 0 Å². The fraction of sp³-hybridized carbons (Fsp3) is 0.231. The molecule has 0 amide bonds. The lowest BCUT2D eigenvalue weighted by molar-refractivity contribution is 0.0993. The van der Waals surface area contributed by atoms with Crippen LogP contribution in [-0.4, -0.2) is 30.7 Å². The highest BCUT2D eigenvalue weighted by Gasteiger charge is 2.25. The first-order valence-electron chi connectivity index (χ1n) is 5.47. The minimum Gasteiger partial charge on any atom is -0.293 e. The third kappa shape index (κ3) is 2.26. The number of Topliss-reactive ketones (excluding diaryl/α,β-unsaturated/α-hetero) is 1. The Bertz CT molecular complexity index is 702. The molecular formula is C13H13NO3S. The molecule has 0 saturated carbocycles. The fourth-order valence-electron chi connectivity index (χ4n) is 1.75. The number of rotatable bonds is 3. The molecule has 2 rings (SSSR count). The maximum atomic E-state index is 12.2. The quantitative estimate of drug-likeness (QED) is 0.793. The van der Waals surface area contributed by atoms with Crippen LogP contribution in [0.4, 0.5) is 0 Å². The number of aromatic nitrogens is 1. The average Bonchev–Trinajstić information content (AvgIpc) is 2.35. The standard InChI is InChI=1S/C13H13NO3S/c1-9(18(2,16)17)13(15)12-5-3-4-10-8-14-7-6-11(10)12/h3-9H,1-2H3. The summed E-state index contributed by atoms with van der Waals surface area (Å²) in [5.74, 6) is -0.380. The Balaban J connectivity index is 2.59. The van der Waals surface area contributed by atoms with E-state index in [4.69, 9.17) is 0 Å². The topological polar surface area (TPSA) is 64.1 Å². The number of hydrogen-bond donors (Lipinski definition) is 0. The van der Waals surface area contributed by atoms with Crippen molar-refractivity contribution >= 4 is 26.4 Å². The van der Waals surface area contributed by atoms with Gasteiger partial charge in [-0.15, -0.1) is 0 Å². The zero-order chi connectivity index (χ0) is 13.3. The van der Waals surface area contributed by atoms with Crippen molar-refractivity contribution in [1.29, 1.82) is 0 Å². The first-order valence-corrected chi connectivity index (χ1v) is 7.42. The Kier molecular flexibility index (Phi) is 3.17. The zero-order valence-electron chi connectivity index (χ0n) is 10.1. The minimum atomic E-state index is -3.38. The van der Waals surface area contributed by atoms with Gasteiger partial charge in [-0.05, 0) is 18.4 Å². The second kappa shape index (κ2) is 4.49. The number of sulfone groups is 1. The highest BCUT2D eigenvalue weighted by molar-refractivity contribution is 7.92. The van der Waals surface area contributed by atoms with Crippen LogP contribution in [0.15, 0.2) is 36.7 Å². The smallest absolute Gasteiger partial charge is 0.181 e. The lowest BCUT2D eigenvalue weighted by Gasteiger charge is -2.10. The summed E-state index contributed by atoms with van der Waals surface area (Å²) in [7, 11) is -3.38. The van der Waals surface area contributed by atoms with Gasteiger partial charge in [-0.2, -0.15) is 0 Å². The van der Waals surface area contributed by atoms with Crippen molar-refractivity contribution in [3.05, 3.63) is 42.2 Å². The van der Waals surface area contributed by atoms with E-state index in [1.165, 1.54) is 6.92 Å². The summed E-state index contributed by atoms with van der Waals surface area (Å²) >= 11 is 0. The average molecular weight is 263 g/mol. The first-order chi connectivity index (χ1) is 8.41. The maximum Gasteiger partial charge on any atom is 0.181 e. The molecule has 0 aliphatic heterocycles. The van der Waals surface area contributed by atoms with E-state index in [9.17, 15) is 13.2 Å². The number of hydrogen-bond acceptors (Lipinski definition) is 4. The summed E-state index contributed by atoms with van der Waals surface area (Å²) in [5, 5.41) is 0.522. The highest BCUT2D eigenvalue weighted by Crippen LogP contribution is 2.20. The maximum absolute atomic E-state index is 12.2. The molecular weight excluding hydrogens is 250 g/mol. The van der Waals surface area contributed by atoms with Crippen LogP contribution in [0.1, 0.15) is 17.3 Å². The van der Waals surface area contributed by atoms with E-state index in [0.717, 1.165) is 17.0 Å². The number of pyridine rings is 1. The molecule has 5 heteroatoms. The van der Waals surface area contributed by atoms with Crippen LogP contribution in [0.3, 0.4) is 0 Å². The molecule has 1 aromatic carbocycles. The molecule has 0 spiro atoms. The van der Waals surface area contributed by atoms with Crippen molar-refractivity contribution in [3.63, 3.8) is 0 Å². The third-order valence-corrected chi connectivity index (χ3v) is 4.46. The van der Waals surface area contributed by atoms with Gasteiger partial charge in [-0.25, -0.2) is 8.42 Å². The summed E-state index contributed by atoms with van der Waals surface area (Å²) in [5.41, 5.74) is 0.424. The van der Waals surface area contributed by atoms with Crippen molar-refractivity contribution in [3.8, 4) is 0 Å². The number of nitrogens with zero attached hydrogens (tertiary/aromatic N) is 1. The molecule has 0 aliphatic carbocycles. The molecule has 0 aliphatic rings. The van der Waals surface area contributed by atoms with Crippen molar-refractivity contribution in [1.82, 2.24) is 4.98 Å². The Morgan fingerprint density at radius 3 is 2.67 bits per heavy atom. The van der Waals surface area contributed by atoms with Gasteiger partial charge in [0, 0.05) is 29.6 Å². The summed E-state index contributed by atoms with van der Waals surface area (Å²) in [4.78, 5) is 16.2. The molecule has 1 unspecified atom stereocenters. The van der Waals surface area contributed by atoms with E-state index in [0.29, 0.717) is 5.56 Å². The molecule has 1 atom stereocenters. The molecule has 0 radical (unpaired) electrons. The summed E-state index contributed by atoms with van der Waals surface area (Å²) in [6.45, 7) is 1.41. The van der Waals surface area contributed by atoms with Crippen LogP contribution in [-0.2, 0) is 9.84 Å². The molecule has 2 aromatic rings. The monoisotopic (exact) mass is 263 g/mol. The van der Waals surface area contributed by atoms with Gasteiger partial charge >= 0.3 is 0 Å². The van der Waals surface area contributed by atoms with Crippen molar-refractivity contribution in [2.75, 3.05) is 6.26 Å². The van der Waals surface area contributed by atoms with E-state index in [1.54, 1.807) is 30.6 Å². The number of benzene rings is 1. The van der Waals surface area contributed by atoms with Gasteiger partial charge in [-0.1, -0.05) is 18.2 Å². The number of carbonyl (C=O) groups is 1. The first kappa shape index (κ1) is 12.7. The Hall–Kier alpha value is -1.75. The van der Waals surface area contributed by atoms with Crippen LogP contribution < -0.4 is 0 Å². The largest absolute Gasteiger partial charge is 0.293 e. The van der Waals surface area contributed by atoms with E-state index >= 15 is 0 Å². The Labute approximate surface area is 106 Å². The lowest BCUT2D eigenvalue weighted by Crippen LogP contribution is -2.26. The second-order valence-corrected chi connectivity index (χ2v) is 6.60. The molecule has 1 heterocycles. The van der Waals surface area contributed by atoms with Gasteiger partial charge in [-0.3, -0.25) is 9.78 Å². The van der Waals surface area contributed by atoms with Gasteiger partial charge in [0.2, 0.25) is 0 Å². The van der Waals surface area contributed by atoms with E-state index in [1.807, 2.05) is 6.07 Å². The Morgan fingerprint density at radius 1 is 1.28 bits per heavy atom. The minimum absolute atomic E-state index is 0.380. The van der Waals surface area contributed by atoms with Crippen LogP contribution in [0, 0.1) is 0 Å². The summed E-state index contributed by atoms with van der Waals surface area (Å²) in [6.07, 6.45) is 4.31. The molecule has 18 heavy (non-hydrogen) atoms. The van der Waals surface area contributed by atoms with Crippen LogP contribution in [0.5, 0.6) is 0 Å². The molecule has 4 nitrogen and oxygen atoms in total. The molecule has 1 aromatic heterocycles. The molecule has 0 N–H and O–H groups in total. The Morgan fingerprint density at radius 2 is 2.00 bits per heavy atom. The SMILES string of the molecule is CC(C(=O)c1cccc2cnccc12)S(C)(=O)=O. The van der Waals surface area contributed by atoms with Crippen molar-refractivity contribution < 1.29 is 13.2 Å². The molecule has 94 valence electrons. The van der Waals surface area contributed by atoms with Crippen molar-refractivity contribution in [2.45, 2.75) is 12.2 Å². The van der Waals surface area contributed by atoms with Gasteiger partial charge in [0.25, 0.3) is 0 Å². The van der Waals surface area contributed by atoms with E-state index in [2.05, 4.69) is 4.98 Å². The zero-order valence-corrected chi connectivity index (χ0v) is 10.9. The predicted octanol–water partition coefficient (Wildman–Crippen LogP) is 1.85. The number of carbonyl (C=O) groups excluding carboxylic acids is 1. The normalized spacial score (nSPS) is 13.4. The van der Waals surface area contributed by atoms with Gasteiger partial charge < -0.3 is 0 Å². The summed E-state index contributed by atoms with van der Waals surface area (Å²) in [6, 6.07) is 6.93. The highest BCUT2D eigenvalue weighted by atomic mass is 32.2. The van der Waals surface area contributed by atoms with E-state index in [-0.39, 0.29) is 5.78 Å². The lowest BCUT2D eigenvalue weighted by atomic mass is 10.0. The molecule has 0 saturated heterocycles. The molecule has 0 bridgehead atoms. The number of fused-ring (bicyclic) bond motifs is 1. The third-order valence-electron chi connectivity index (χ3n) is 2.96.